The van der Waals surface area contributed by atoms with Gasteiger partial charge in [0.25, 0.3) is 0 Å². The molecule has 110 valence electrons. The van der Waals surface area contributed by atoms with E-state index in [0.717, 1.165) is 5.56 Å². The van der Waals surface area contributed by atoms with Crippen molar-refractivity contribution >= 4 is 12.0 Å². The SMILES string of the molecule is CCC(=O)NC[C@@H](O)C(Cc1ccccc1)NC(=O)O. The summed E-state index contributed by atoms with van der Waals surface area (Å²) < 4.78 is 0. The number of aliphatic hydroxyl groups is 1. The Bertz CT molecular complexity index is 436. The lowest BCUT2D eigenvalue weighted by molar-refractivity contribution is -0.121. The molecule has 0 saturated heterocycles. The van der Waals surface area contributed by atoms with Gasteiger partial charge in [-0.25, -0.2) is 4.79 Å². The zero-order valence-corrected chi connectivity index (χ0v) is 11.4. The van der Waals surface area contributed by atoms with Crippen LogP contribution in [0.4, 0.5) is 4.79 Å². The number of carbonyl (C=O) groups excluding carboxylic acids is 1. The van der Waals surface area contributed by atoms with Crippen molar-refractivity contribution in [2.24, 2.45) is 0 Å². The Hall–Kier alpha value is -2.08. The normalized spacial score (nSPS) is 13.3. The molecule has 0 fully saturated rings. The summed E-state index contributed by atoms with van der Waals surface area (Å²) in [5, 5.41) is 23.7. The third-order valence-electron chi connectivity index (χ3n) is 2.90. The van der Waals surface area contributed by atoms with Crippen LogP contribution in [-0.2, 0) is 11.2 Å². The Labute approximate surface area is 117 Å². The minimum absolute atomic E-state index is 0.0183. The van der Waals surface area contributed by atoms with Gasteiger partial charge in [0, 0.05) is 13.0 Å². The van der Waals surface area contributed by atoms with E-state index >= 15 is 0 Å². The van der Waals surface area contributed by atoms with Crippen LogP contribution in [-0.4, -0.2) is 40.9 Å². The van der Waals surface area contributed by atoms with Crippen LogP contribution in [0.25, 0.3) is 0 Å². The fourth-order valence-corrected chi connectivity index (χ4v) is 1.80. The monoisotopic (exact) mass is 280 g/mol. The fraction of sp³-hybridized carbons (Fsp3) is 0.429. The summed E-state index contributed by atoms with van der Waals surface area (Å²) in [6.07, 6.45) is -1.51. The Balaban J connectivity index is 2.63. The highest BCUT2D eigenvalue weighted by atomic mass is 16.4. The van der Waals surface area contributed by atoms with Crippen LogP contribution in [0.1, 0.15) is 18.9 Å². The Morgan fingerprint density at radius 1 is 1.25 bits per heavy atom. The van der Waals surface area contributed by atoms with E-state index in [0.29, 0.717) is 12.8 Å². The van der Waals surface area contributed by atoms with Crippen molar-refractivity contribution in [1.29, 1.82) is 0 Å². The van der Waals surface area contributed by atoms with E-state index in [4.69, 9.17) is 5.11 Å². The highest BCUT2D eigenvalue weighted by Gasteiger charge is 2.21. The summed E-state index contributed by atoms with van der Waals surface area (Å²) in [5.74, 6) is -0.183. The van der Waals surface area contributed by atoms with Crippen molar-refractivity contribution in [2.75, 3.05) is 6.54 Å². The van der Waals surface area contributed by atoms with Crippen molar-refractivity contribution in [1.82, 2.24) is 10.6 Å². The molecule has 6 heteroatoms. The van der Waals surface area contributed by atoms with E-state index in [9.17, 15) is 14.7 Å². The third-order valence-corrected chi connectivity index (χ3v) is 2.90. The van der Waals surface area contributed by atoms with Gasteiger partial charge in [0.05, 0.1) is 12.1 Å². The van der Waals surface area contributed by atoms with Gasteiger partial charge in [0.15, 0.2) is 0 Å². The molecule has 6 nitrogen and oxygen atoms in total. The fourth-order valence-electron chi connectivity index (χ4n) is 1.80. The van der Waals surface area contributed by atoms with Gasteiger partial charge in [-0.1, -0.05) is 37.3 Å². The highest BCUT2D eigenvalue weighted by Crippen LogP contribution is 2.06. The summed E-state index contributed by atoms with van der Waals surface area (Å²) in [5.41, 5.74) is 0.909. The maximum absolute atomic E-state index is 11.2. The number of carboxylic acid groups (broad SMARTS) is 1. The van der Waals surface area contributed by atoms with E-state index < -0.39 is 18.2 Å². The molecule has 2 amide bonds. The molecule has 2 atom stereocenters. The van der Waals surface area contributed by atoms with Crippen molar-refractivity contribution in [3.05, 3.63) is 35.9 Å². The standard InChI is InChI=1S/C14H20N2O4/c1-2-13(18)15-9-12(17)11(16-14(19)20)8-10-6-4-3-5-7-10/h3-7,11-12,16-17H,2,8-9H2,1H3,(H,15,18)(H,19,20)/t11?,12-/m1/s1. The van der Waals surface area contributed by atoms with Gasteiger partial charge in [0.2, 0.25) is 5.91 Å². The Morgan fingerprint density at radius 3 is 2.45 bits per heavy atom. The average molecular weight is 280 g/mol. The van der Waals surface area contributed by atoms with Crippen LogP contribution >= 0.6 is 0 Å². The van der Waals surface area contributed by atoms with Gasteiger partial charge in [-0.05, 0) is 12.0 Å². The second-order valence-corrected chi connectivity index (χ2v) is 4.47. The highest BCUT2D eigenvalue weighted by molar-refractivity contribution is 5.75. The number of hydrogen-bond donors (Lipinski definition) is 4. The summed E-state index contributed by atoms with van der Waals surface area (Å²) in [7, 11) is 0. The van der Waals surface area contributed by atoms with Crippen LogP contribution in [0.5, 0.6) is 0 Å². The third kappa shape index (κ3) is 5.71. The van der Waals surface area contributed by atoms with Crippen molar-refractivity contribution in [3.63, 3.8) is 0 Å². The van der Waals surface area contributed by atoms with E-state index in [1.54, 1.807) is 6.92 Å². The van der Waals surface area contributed by atoms with Crippen LogP contribution in [0, 0.1) is 0 Å². The molecule has 1 rings (SSSR count). The second-order valence-electron chi connectivity index (χ2n) is 4.47. The summed E-state index contributed by atoms with van der Waals surface area (Å²) in [6.45, 7) is 1.73. The molecule has 1 aromatic rings. The largest absolute Gasteiger partial charge is 0.465 e. The van der Waals surface area contributed by atoms with Gasteiger partial charge in [-0.15, -0.1) is 0 Å². The first kappa shape index (κ1) is 16.0. The lowest BCUT2D eigenvalue weighted by atomic mass is 10.0. The molecule has 0 spiro atoms. The molecule has 0 bridgehead atoms. The van der Waals surface area contributed by atoms with Crippen LogP contribution in [0.15, 0.2) is 30.3 Å². The number of nitrogens with one attached hydrogen (secondary N) is 2. The number of carbonyl (C=O) groups is 2. The zero-order chi connectivity index (χ0) is 15.0. The molecule has 0 aliphatic rings. The predicted octanol–water partition coefficient (Wildman–Crippen LogP) is 0.752. The van der Waals surface area contributed by atoms with E-state index in [1.165, 1.54) is 0 Å². The first-order chi connectivity index (χ1) is 9.52. The van der Waals surface area contributed by atoms with Crippen molar-refractivity contribution < 1.29 is 19.8 Å². The van der Waals surface area contributed by atoms with Gasteiger partial charge in [0.1, 0.15) is 0 Å². The van der Waals surface area contributed by atoms with E-state index in [-0.39, 0.29) is 12.5 Å². The van der Waals surface area contributed by atoms with E-state index in [1.807, 2.05) is 30.3 Å². The maximum atomic E-state index is 11.2. The molecule has 0 heterocycles. The molecule has 0 saturated carbocycles. The van der Waals surface area contributed by atoms with E-state index in [2.05, 4.69) is 10.6 Å². The molecule has 0 aliphatic heterocycles. The van der Waals surface area contributed by atoms with Gasteiger partial charge < -0.3 is 20.8 Å². The maximum Gasteiger partial charge on any atom is 0.404 e. The van der Waals surface area contributed by atoms with Crippen LogP contribution < -0.4 is 10.6 Å². The molecule has 0 radical (unpaired) electrons. The molecule has 1 aromatic carbocycles. The average Bonchev–Trinajstić information content (AvgIpc) is 2.44. The molecule has 0 aliphatic carbocycles. The summed E-state index contributed by atoms with van der Waals surface area (Å²) in [4.78, 5) is 21.9. The first-order valence-electron chi connectivity index (χ1n) is 6.51. The minimum atomic E-state index is -1.20. The van der Waals surface area contributed by atoms with Crippen molar-refractivity contribution in [2.45, 2.75) is 31.9 Å². The van der Waals surface area contributed by atoms with Crippen LogP contribution in [0.2, 0.25) is 0 Å². The minimum Gasteiger partial charge on any atom is -0.465 e. The second kappa shape index (κ2) is 8.16. The molecule has 1 unspecified atom stereocenters. The van der Waals surface area contributed by atoms with Gasteiger partial charge in [-0.3, -0.25) is 4.79 Å². The summed E-state index contributed by atoms with van der Waals surface area (Å²) >= 11 is 0. The van der Waals surface area contributed by atoms with Crippen molar-refractivity contribution in [3.8, 4) is 0 Å². The Morgan fingerprint density at radius 2 is 1.90 bits per heavy atom. The molecule has 4 N–H and O–H groups in total. The quantitative estimate of drug-likeness (QED) is 0.592. The van der Waals surface area contributed by atoms with Crippen LogP contribution in [0.3, 0.4) is 0 Å². The lowest BCUT2D eigenvalue weighted by Gasteiger charge is -2.23. The molecule has 0 aromatic heterocycles. The van der Waals surface area contributed by atoms with Gasteiger partial charge in [-0.2, -0.15) is 0 Å². The lowest BCUT2D eigenvalue weighted by Crippen LogP contribution is -2.49. The number of amides is 2. The number of benzene rings is 1. The zero-order valence-electron chi connectivity index (χ0n) is 11.4. The van der Waals surface area contributed by atoms with Gasteiger partial charge >= 0.3 is 6.09 Å². The Kier molecular flexibility index (Phi) is 6.52. The molecular weight excluding hydrogens is 260 g/mol. The summed E-state index contributed by atoms with van der Waals surface area (Å²) in [6, 6.07) is 8.59. The topological polar surface area (TPSA) is 98.7 Å². The smallest absolute Gasteiger partial charge is 0.404 e. The molecule has 20 heavy (non-hydrogen) atoms. The number of rotatable bonds is 7. The predicted molar refractivity (Wildman–Crippen MR) is 74.4 cm³/mol. The number of aliphatic hydroxyl groups excluding tert-OH is 1. The molecular formula is C14H20N2O4. The first-order valence-corrected chi connectivity index (χ1v) is 6.51. The number of hydrogen-bond acceptors (Lipinski definition) is 3.